The Morgan fingerprint density at radius 2 is 2.02 bits per heavy atom. The molecule has 0 radical (unpaired) electrons. The van der Waals surface area contributed by atoms with Crippen LogP contribution in [0.1, 0.15) is 66.1 Å². The van der Waals surface area contributed by atoms with Gasteiger partial charge in [-0.3, -0.25) is 9.48 Å². The summed E-state index contributed by atoms with van der Waals surface area (Å²) in [5, 5.41) is 11.5. The molecule has 3 heterocycles. The van der Waals surface area contributed by atoms with Gasteiger partial charge in [0.25, 0.3) is 5.91 Å². The molecule has 1 atom stereocenters. The van der Waals surface area contributed by atoms with Gasteiger partial charge >= 0.3 is 0 Å². The topological polar surface area (TPSA) is 119 Å². The lowest BCUT2D eigenvalue weighted by Gasteiger charge is -2.42. The Labute approximate surface area is 240 Å². The number of carbonyl (C=O) groups is 1. The van der Waals surface area contributed by atoms with Crippen LogP contribution in [0.3, 0.4) is 0 Å². The average Bonchev–Trinajstić information content (AvgIpc) is 3.51. The number of aryl methyl sites for hydroxylation is 2. The molecule has 2 aromatic heterocycles. The van der Waals surface area contributed by atoms with Gasteiger partial charge in [-0.15, -0.1) is 0 Å². The predicted molar refractivity (Wildman–Crippen MR) is 163 cm³/mol. The van der Waals surface area contributed by atoms with Crippen molar-refractivity contribution in [2.75, 3.05) is 5.73 Å². The smallest absolute Gasteiger partial charge is 0.259 e. The molecule has 0 saturated heterocycles. The number of fused-ring (bicyclic) bond motifs is 1. The van der Waals surface area contributed by atoms with E-state index in [2.05, 4.69) is 50.4 Å². The number of benzene rings is 1. The number of hydrogen-bond acceptors (Lipinski definition) is 7. The Morgan fingerprint density at radius 3 is 2.73 bits per heavy atom. The number of amides is 1. The maximum absolute atomic E-state index is 13.5. The minimum atomic E-state index is -0.449. The number of allylic oxidation sites excluding steroid dienone is 1. The van der Waals surface area contributed by atoms with Gasteiger partial charge in [0.15, 0.2) is 11.6 Å². The van der Waals surface area contributed by atoms with Crippen molar-refractivity contribution < 1.29 is 4.79 Å². The molecule has 1 saturated carbocycles. The van der Waals surface area contributed by atoms with Crippen molar-refractivity contribution >= 4 is 41.0 Å². The van der Waals surface area contributed by atoms with Crippen LogP contribution >= 0.6 is 0 Å². The zero-order valence-electron chi connectivity index (χ0n) is 23.8. The Bertz CT molecular complexity index is 1620. The molecule has 10 heteroatoms. The zero-order valence-corrected chi connectivity index (χ0v) is 23.8. The highest BCUT2D eigenvalue weighted by molar-refractivity contribution is 6.07. The van der Waals surface area contributed by atoms with Crippen molar-refractivity contribution in [3.63, 3.8) is 0 Å². The summed E-state index contributed by atoms with van der Waals surface area (Å²) in [6.45, 7) is 10.1. The molecule has 1 unspecified atom stereocenters. The molecule has 1 fully saturated rings. The summed E-state index contributed by atoms with van der Waals surface area (Å²) >= 11 is 0. The van der Waals surface area contributed by atoms with Gasteiger partial charge in [0.2, 0.25) is 0 Å². The Hall–Kier alpha value is -4.91. The molecule has 0 bridgehead atoms. The molecule has 210 valence electrons. The number of nitrogen functional groups attached to an aromatic ring is 1. The summed E-state index contributed by atoms with van der Waals surface area (Å²) < 4.78 is 3.21. The molecule has 1 aliphatic heterocycles. The van der Waals surface area contributed by atoms with E-state index >= 15 is 0 Å². The number of carbonyl (C=O) groups excluding carboxylic acids is 1. The minimum Gasteiger partial charge on any atom is -0.381 e. The van der Waals surface area contributed by atoms with Crippen molar-refractivity contribution in [1.82, 2.24) is 29.8 Å². The van der Waals surface area contributed by atoms with Gasteiger partial charge in [-0.25, -0.2) is 14.7 Å². The molecule has 1 aliphatic carbocycles. The first-order chi connectivity index (χ1) is 19.8. The molecule has 2 aliphatic rings. The van der Waals surface area contributed by atoms with E-state index in [9.17, 15) is 4.79 Å². The minimum absolute atomic E-state index is 0.106. The van der Waals surface area contributed by atoms with Crippen molar-refractivity contribution in [2.24, 2.45) is 24.1 Å². The first-order valence-electron chi connectivity index (χ1n) is 13.8. The van der Waals surface area contributed by atoms with E-state index in [1.165, 1.54) is 23.4 Å². The van der Waals surface area contributed by atoms with E-state index in [4.69, 9.17) is 10.7 Å². The van der Waals surface area contributed by atoms with Gasteiger partial charge in [0.1, 0.15) is 11.4 Å². The highest BCUT2D eigenvalue weighted by Gasteiger charge is 2.35. The van der Waals surface area contributed by atoms with Crippen molar-refractivity contribution in [2.45, 2.75) is 51.1 Å². The van der Waals surface area contributed by atoms with Crippen LogP contribution in [0.2, 0.25) is 0 Å². The lowest BCUT2D eigenvalue weighted by molar-refractivity contribution is 0.0948. The summed E-state index contributed by atoms with van der Waals surface area (Å²) in [6, 6.07) is 5.67. The third-order valence-electron chi connectivity index (χ3n) is 7.40. The molecular formula is C31H35N9O. The molecule has 41 heavy (non-hydrogen) atoms. The molecule has 1 aromatic carbocycles. The monoisotopic (exact) mass is 549 g/mol. The molecule has 10 nitrogen and oxygen atoms in total. The fourth-order valence-corrected chi connectivity index (χ4v) is 5.51. The Morgan fingerprint density at radius 1 is 1.24 bits per heavy atom. The van der Waals surface area contributed by atoms with Crippen LogP contribution in [0.5, 0.6) is 0 Å². The van der Waals surface area contributed by atoms with E-state index in [1.54, 1.807) is 17.9 Å². The molecule has 0 spiro atoms. The largest absolute Gasteiger partial charge is 0.381 e. The van der Waals surface area contributed by atoms with Gasteiger partial charge in [-0.1, -0.05) is 56.4 Å². The first kappa shape index (κ1) is 27.6. The van der Waals surface area contributed by atoms with E-state index in [0.717, 1.165) is 59.6 Å². The standard InChI is InChI=1S/C31H35N9O/c1-6-17-33-30-27(28(32)37-39(30)5)31(41)35-20(2)29-36-25-14-10-11-23(16-15-22-18-34-38(4)19-22)26(25)21(3)40(29)24-12-8-7-9-13-24/h6,10-11,14,17-20,24H,1,3,7-9,12-13H2,2,4-5H3,(H2,32,37)(H,35,41)/b33-17-. The van der Waals surface area contributed by atoms with Crippen molar-refractivity contribution in [3.05, 3.63) is 72.1 Å². The molecule has 3 N–H and O–H groups in total. The highest BCUT2D eigenvalue weighted by Crippen LogP contribution is 2.40. The fourth-order valence-electron chi connectivity index (χ4n) is 5.51. The summed E-state index contributed by atoms with van der Waals surface area (Å²) in [4.78, 5) is 25.2. The van der Waals surface area contributed by atoms with Crippen LogP contribution in [-0.2, 0) is 14.1 Å². The maximum Gasteiger partial charge on any atom is 0.259 e. The van der Waals surface area contributed by atoms with E-state index in [1.807, 2.05) is 38.4 Å². The summed E-state index contributed by atoms with van der Waals surface area (Å²) in [5.74, 6) is 7.35. The molecule has 1 amide bonds. The van der Waals surface area contributed by atoms with Crippen LogP contribution in [0.4, 0.5) is 17.3 Å². The molecule has 3 aromatic rings. The Kier molecular flexibility index (Phi) is 7.88. The van der Waals surface area contributed by atoms with E-state index in [0.29, 0.717) is 5.82 Å². The molecular weight excluding hydrogens is 514 g/mol. The van der Waals surface area contributed by atoms with Crippen molar-refractivity contribution in [1.29, 1.82) is 0 Å². The Balaban J connectivity index is 1.53. The quantitative estimate of drug-likeness (QED) is 0.347. The number of nitrogens with zero attached hydrogens (tertiary/aromatic N) is 7. The summed E-state index contributed by atoms with van der Waals surface area (Å²) in [5.41, 5.74) is 10.5. The zero-order chi connectivity index (χ0) is 29.1. The second kappa shape index (κ2) is 11.7. The summed E-state index contributed by atoms with van der Waals surface area (Å²) in [6.07, 6.45) is 12.2. The predicted octanol–water partition coefficient (Wildman–Crippen LogP) is 4.49. The first-order valence-corrected chi connectivity index (χ1v) is 13.8. The van der Waals surface area contributed by atoms with Crippen molar-refractivity contribution in [3.8, 4) is 11.8 Å². The van der Waals surface area contributed by atoms with Crippen LogP contribution in [0.25, 0.3) is 5.70 Å². The van der Waals surface area contributed by atoms with E-state index < -0.39 is 6.04 Å². The van der Waals surface area contributed by atoms with Gasteiger partial charge in [-0.2, -0.15) is 10.2 Å². The second-order valence-electron chi connectivity index (χ2n) is 10.3. The number of hydrogen-bond donors (Lipinski definition) is 2. The third kappa shape index (κ3) is 5.57. The van der Waals surface area contributed by atoms with Gasteiger partial charge in [0, 0.05) is 49.4 Å². The van der Waals surface area contributed by atoms with Gasteiger partial charge in [0.05, 0.1) is 23.5 Å². The lowest BCUT2D eigenvalue weighted by atomic mass is 9.90. The SMILES string of the molecule is C=C/C=N\c1c(C(=O)NC(C)C2=Nc3cccc(C#Cc4cnn(C)c4)c3C(=C)N2C2CCCCC2)c(N)nn1C. The van der Waals surface area contributed by atoms with Crippen LogP contribution in [0, 0.1) is 11.8 Å². The molecule has 5 rings (SSSR count). The number of aromatic nitrogens is 4. The lowest BCUT2D eigenvalue weighted by Crippen LogP contribution is -2.51. The number of nitrogens with two attached hydrogens (primary N) is 1. The summed E-state index contributed by atoms with van der Waals surface area (Å²) in [7, 11) is 3.56. The normalized spacial score (nSPS) is 16.1. The average molecular weight is 550 g/mol. The number of anilines is 1. The number of nitrogens with one attached hydrogen (secondary N) is 1. The third-order valence-corrected chi connectivity index (χ3v) is 7.40. The number of amidine groups is 1. The fraction of sp³-hybridized carbons (Fsp3) is 0.323. The van der Waals surface area contributed by atoms with E-state index in [-0.39, 0.29) is 23.3 Å². The van der Waals surface area contributed by atoms with Gasteiger partial charge < -0.3 is 16.0 Å². The van der Waals surface area contributed by atoms with Gasteiger partial charge in [-0.05, 0) is 31.9 Å². The van der Waals surface area contributed by atoms with Crippen LogP contribution in [0.15, 0.2) is 59.8 Å². The van der Waals surface area contributed by atoms with Crippen LogP contribution in [-0.4, -0.2) is 54.5 Å². The number of rotatable bonds is 6. The number of aliphatic imine (C=N–C) groups is 2. The highest BCUT2D eigenvalue weighted by atomic mass is 16.1. The maximum atomic E-state index is 13.5. The van der Waals surface area contributed by atoms with Crippen LogP contribution < -0.4 is 11.1 Å². The second-order valence-corrected chi connectivity index (χ2v) is 10.3.